The molecular weight excluding hydrogens is 427 g/mol. The van der Waals surface area contributed by atoms with Gasteiger partial charge in [-0.15, -0.1) is 24.0 Å². The lowest BCUT2D eigenvalue weighted by Crippen LogP contribution is -2.40. The van der Waals surface area contributed by atoms with Crippen LogP contribution in [0.25, 0.3) is 0 Å². The minimum Gasteiger partial charge on any atom is -0.492 e. The fourth-order valence-electron chi connectivity index (χ4n) is 2.96. The number of aryl methyl sites for hydroxylation is 1. The molecule has 25 heavy (non-hydrogen) atoms. The summed E-state index contributed by atoms with van der Waals surface area (Å²) in [5.41, 5.74) is 1.25. The molecule has 0 aliphatic carbocycles. The standard InChI is InChI=1S/C19H32N4O.HI/c1-4-20-19(22-14-17-6-5-12-23(3)15-17)21-11-13-24-18-9-7-16(2)8-10-18;/h7-10,17H,4-6,11-15H2,1-3H3,(H2,20,21,22);1H. The molecule has 0 saturated carbocycles. The van der Waals surface area contributed by atoms with Crippen LogP contribution in [0.5, 0.6) is 5.75 Å². The van der Waals surface area contributed by atoms with Gasteiger partial charge in [-0.05, 0) is 58.3 Å². The van der Waals surface area contributed by atoms with Crippen molar-refractivity contribution in [1.29, 1.82) is 0 Å². The summed E-state index contributed by atoms with van der Waals surface area (Å²) < 4.78 is 5.75. The Balaban J connectivity index is 0.00000312. The van der Waals surface area contributed by atoms with Crippen LogP contribution in [0.15, 0.2) is 29.3 Å². The molecule has 1 unspecified atom stereocenters. The first-order chi connectivity index (χ1) is 11.7. The van der Waals surface area contributed by atoms with Crippen LogP contribution in [0.3, 0.4) is 0 Å². The molecule has 0 aromatic heterocycles. The van der Waals surface area contributed by atoms with Crippen molar-refractivity contribution in [2.75, 3.05) is 46.4 Å². The van der Waals surface area contributed by atoms with E-state index in [1.807, 2.05) is 12.1 Å². The summed E-state index contributed by atoms with van der Waals surface area (Å²) in [6, 6.07) is 8.15. The summed E-state index contributed by atoms with van der Waals surface area (Å²) in [6.45, 7) is 9.66. The molecule has 2 N–H and O–H groups in total. The number of halogens is 1. The van der Waals surface area contributed by atoms with Crippen molar-refractivity contribution < 1.29 is 4.74 Å². The molecule has 1 atom stereocenters. The summed E-state index contributed by atoms with van der Waals surface area (Å²) >= 11 is 0. The smallest absolute Gasteiger partial charge is 0.191 e. The average Bonchev–Trinajstić information content (AvgIpc) is 2.58. The van der Waals surface area contributed by atoms with Crippen molar-refractivity contribution in [3.63, 3.8) is 0 Å². The molecule has 1 fully saturated rings. The molecule has 2 rings (SSSR count). The maximum atomic E-state index is 5.75. The first kappa shape index (κ1) is 22.0. The highest BCUT2D eigenvalue weighted by Crippen LogP contribution is 2.15. The van der Waals surface area contributed by atoms with Gasteiger partial charge in [0.1, 0.15) is 12.4 Å². The van der Waals surface area contributed by atoms with Crippen molar-refractivity contribution in [3.8, 4) is 5.75 Å². The van der Waals surface area contributed by atoms with E-state index < -0.39 is 0 Å². The Bertz CT molecular complexity index is 507. The van der Waals surface area contributed by atoms with Crippen molar-refractivity contribution >= 4 is 29.9 Å². The normalized spacial score (nSPS) is 18.4. The van der Waals surface area contributed by atoms with E-state index in [9.17, 15) is 0 Å². The molecule has 1 aromatic rings. The summed E-state index contributed by atoms with van der Waals surface area (Å²) in [5.74, 6) is 2.47. The van der Waals surface area contributed by atoms with Gasteiger partial charge in [0.15, 0.2) is 5.96 Å². The summed E-state index contributed by atoms with van der Waals surface area (Å²) in [7, 11) is 2.20. The second-order valence-electron chi connectivity index (χ2n) is 6.58. The van der Waals surface area contributed by atoms with Crippen LogP contribution < -0.4 is 15.4 Å². The van der Waals surface area contributed by atoms with E-state index in [1.54, 1.807) is 0 Å². The van der Waals surface area contributed by atoms with E-state index in [-0.39, 0.29) is 24.0 Å². The monoisotopic (exact) mass is 460 g/mol. The van der Waals surface area contributed by atoms with Crippen LogP contribution in [-0.2, 0) is 0 Å². The molecule has 0 bridgehead atoms. The maximum absolute atomic E-state index is 5.75. The molecule has 1 saturated heterocycles. The van der Waals surface area contributed by atoms with Crippen molar-refractivity contribution in [1.82, 2.24) is 15.5 Å². The fraction of sp³-hybridized carbons (Fsp3) is 0.632. The second kappa shape index (κ2) is 12.4. The van der Waals surface area contributed by atoms with Gasteiger partial charge in [-0.25, -0.2) is 0 Å². The van der Waals surface area contributed by atoms with Crippen LogP contribution in [0, 0.1) is 12.8 Å². The third-order valence-corrected chi connectivity index (χ3v) is 4.26. The van der Waals surface area contributed by atoms with Gasteiger partial charge in [0.25, 0.3) is 0 Å². The highest BCUT2D eigenvalue weighted by Gasteiger charge is 2.16. The first-order valence-electron chi connectivity index (χ1n) is 9.07. The molecule has 1 heterocycles. The molecule has 142 valence electrons. The predicted molar refractivity (Wildman–Crippen MR) is 116 cm³/mol. The van der Waals surface area contributed by atoms with Crippen LogP contribution in [-0.4, -0.2) is 57.2 Å². The third-order valence-electron chi connectivity index (χ3n) is 4.26. The lowest BCUT2D eigenvalue weighted by molar-refractivity contribution is 0.214. The number of hydrogen-bond donors (Lipinski definition) is 2. The third kappa shape index (κ3) is 8.76. The second-order valence-corrected chi connectivity index (χ2v) is 6.58. The Morgan fingerprint density at radius 1 is 1.28 bits per heavy atom. The fourth-order valence-corrected chi connectivity index (χ4v) is 2.96. The Morgan fingerprint density at radius 3 is 2.72 bits per heavy atom. The molecule has 0 amide bonds. The van der Waals surface area contributed by atoms with Crippen LogP contribution in [0.4, 0.5) is 0 Å². The number of guanidine groups is 1. The molecule has 5 nitrogen and oxygen atoms in total. The summed E-state index contributed by atoms with van der Waals surface area (Å²) in [4.78, 5) is 7.14. The van der Waals surface area contributed by atoms with Gasteiger partial charge in [-0.1, -0.05) is 17.7 Å². The zero-order valence-electron chi connectivity index (χ0n) is 15.8. The Hall–Kier alpha value is -1.02. The number of nitrogens with one attached hydrogen (secondary N) is 2. The number of nitrogens with zero attached hydrogens (tertiary/aromatic N) is 2. The highest BCUT2D eigenvalue weighted by molar-refractivity contribution is 14.0. The summed E-state index contributed by atoms with van der Waals surface area (Å²) in [5, 5.41) is 6.66. The van der Waals surface area contributed by atoms with E-state index >= 15 is 0 Å². The van der Waals surface area contributed by atoms with Gasteiger partial charge in [0, 0.05) is 19.6 Å². The SMILES string of the molecule is CCNC(=NCC1CCCN(C)C1)NCCOc1ccc(C)cc1.I. The van der Waals surface area contributed by atoms with Crippen molar-refractivity contribution in [3.05, 3.63) is 29.8 Å². The Kier molecular flexibility index (Phi) is 10.9. The Morgan fingerprint density at radius 2 is 2.04 bits per heavy atom. The predicted octanol–water partition coefficient (Wildman–Crippen LogP) is 2.89. The number of rotatable bonds is 7. The number of benzene rings is 1. The minimum atomic E-state index is 0. The Labute approximate surface area is 169 Å². The maximum Gasteiger partial charge on any atom is 0.191 e. The molecule has 6 heteroatoms. The molecule has 0 radical (unpaired) electrons. The van der Waals surface area contributed by atoms with Gasteiger partial charge in [0.05, 0.1) is 6.54 Å². The van der Waals surface area contributed by atoms with Gasteiger partial charge in [0.2, 0.25) is 0 Å². The minimum absolute atomic E-state index is 0. The van der Waals surface area contributed by atoms with Gasteiger partial charge in [-0.2, -0.15) is 0 Å². The molecule has 1 aliphatic rings. The average molecular weight is 460 g/mol. The van der Waals surface area contributed by atoms with Crippen molar-refractivity contribution in [2.24, 2.45) is 10.9 Å². The topological polar surface area (TPSA) is 48.9 Å². The first-order valence-corrected chi connectivity index (χ1v) is 9.07. The van der Waals surface area contributed by atoms with Gasteiger partial charge >= 0.3 is 0 Å². The van der Waals surface area contributed by atoms with Crippen LogP contribution in [0.1, 0.15) is 25.3 Å². The lowest BCUT2D eigenvalue weighted by Gasteiger charge is -2.28. The zero-order chi connectivity index (χ0) is 17.2. The molecular formula is C19H33IN4O. The molecule has 1 aromatic carbocycles. The van der Waals surface area contributed by atoms with E-state index in [0.717, 1.165) is 37.9 Å². The summed E-state index contributed by atoms with van der Waals surface area (Å²) in [6.07, 6.45) is 2.56. The van der Waals surface area contributed by atoms with Gasteiger partial charge < -0.3 is 20.3 Å². The largest absolute Gasteiger partial charge is 0.492 e. The zero-order valence-corrected chi connectivity index (χ0v) is 18.1. The number of piperidine rings is 1. The van der Waals surface area contributed by atoms with E-state index in [2.05, 4.69) is 48.6 Å². The number of likely N-dealkylation sites (tertiary alicyclic amines) is 1. The van der Waals surface area contributed by atoms with Gasteiger partial charge in [-0.3, -0.25) is 4.99 Å². The van der Waals surface area contributed by atoms with E-state index in [0.29, 0.717) is 12.5 Å². The number of ether oxygens (including phenoxy) is 1. The number of aliphatic imine (C=N–C) groups is 1. The lowest BCUT2D eigenvalue weighted by atomic mass is 9.99. The molecule has 1 aliphatic heterocycles. The highest BCUT2D eigenvalue weighted by atomic mass is 127. The van der Waals surface area contributed by atoms with Crippen molar-refractivity contribution in [2.45, 2.75) is 26.7 Å². The van der Waals surface area contributed by atoms with Crippen LogP contribution in [0.2, 0.25) is 0 Å². The number of hydrogen-bond acceptors (Lipinski definition) is 3. The van der Waals surface area contributed by atoms with Crippen LogP contribution >= 0.6 is 24.0 Å². The molecule has 0 spiro atoms. The van der Waals surface area contributed by atoms with E-state index in [4.69, 9.17) is 9.73 Å². The van der Waals surface area contributed by atoms with E-state index in [1.165, 1.54) is 24.9 Å². The quantitative estimate of drug-likeness (QED) is 0.285.